The van der Waals surface area contributed by atoms with Crippen molar-refractivity contribution >= 4 is 63.6 Å². The predicted octanol–water partition coefficient (Wildman–Crippen LogP) is 8.43. The van der Waals surface area contributed by atoms with E-state index in [-0.39, 0.29) is 0 Å². The SMILES string of the molecule is O=C(O/C(=C/c1nc2ccccc2n1CCOc1ccccc1Cl)c1ccc(Cl)cc1)c1ccc(Cl)cc1. The average molecular weight is 564 g/mol. The molecule has 0 aliphatic rings. The highest BCUT2D eigenvalue weighted by atomic mass is 35.5. The van der Waals surface area contributed by atoms with Gasteiger partial charge in [-0.2, -0.15) is 0 Å². The molecule has 0 radical (unpaired) electrons. The fourth-order valence-electron chi connectivity index (χ4n) is 3.90. The van der Waals surface area contributed by atoms with Crippen LogP contribution in [0.15, 0.2) is 97.1 Å². The smallest absolute Gasteiger partial charge is 0.343 e. The molecular weight excluding hydrogens is 543 g/mol. The van der Waals surface area contributed by atoms with Gasteiger partial charge in [0.1, 0.15) is 23.9 Å². The van der Waals surface area contributed by atoms with Gasteiger partial charge in [-0.05, 0) is 72.8 Å². The van der Waals surface area contributed by atoms with Crippen molar-refractivity contribution in [3.05, 3.63) is 129 Å². The van der Waals surface area contributed by atoms with Crippen molar-refractivity contribution < 1.29 is 14.3 Å². The monoisotopic (exact) mass is 562 g/mol. The summed E-state index contributed by atoms with van der Waals surface area (Å²) in [6, 6.07) is 28.7. The maximum absolute atomic E-state index is 13.0. The molecule has 190 valence electrons. The van der Waals surface area contributed by atoms with E-state index in [4.69, 9.17) is 49.3 Å². The summed E-state index contributed by atoms with van der Waals surface area (Å²) in [5.74, 6) is 1.01. The molecule has 4 aromatic carbocycles. The van der Waals surface area contributed by atoms with Crippen LogP contribution in [-0.2, 0) is 11.3 Å². The first-order valence-electron chi connectivity index (χ1n) is 11.8. The molecule has 5 aromatic rings. The first kappa shape index (κ1) is 25.9. The van der Waals surface area contributed by atoms with E-state index in [1.807, 2.05) is 47.0 Å². The van der Waals surface area contributed by atoms with Gasteiger partial charge < -0.3 is 14.0 Å². The molecule has 0 amide bonds. The minimum atomic E-state index is -0.521. The van der Waals surface area contributed by atoms with Gasteiger partial charge in [0, 0.05) is 21.7 Å². The lowest BCUT2D eigenvalue weighted by molar-refractivity contribution is 0.0693. The highest BCUT2D eigenvalue weighted by Crippen LogP contribution is 2.27. The van der Waals surface area contributed by atoms with Crippen molar-refractivity contribution in [2.75, 3.05) is 6.61 Å². The molecule has 5 rings (SSSR count). The molecule has 0 aliphatic carbocycles. The van der Waals surface area contributed by atoms with E-state index in [2.05, 4.69) is 0 Å². The van der Waals surface area contributed by atoms with Crippen LogP contribution in [-0.4, -0.2) is 22.1 Å². The van der Waals surface area contributed by atoms with E-state index < -0.39 is 5.97 Å². The molecule has 0 atom stereocenters. The van der Waals surface area contributed by atoms with Crippen LogP contribution in [0.2, 0.25) is 15.1 Å². The fraction of sp³-hybridized carbons (Fsp3) is 0.0667. The molecule has 1 heterocycles. The van der Waals surface area contributed by atoms with E-state index in [1.165, 1.54) is 0 Å². The van der Waals surface area contributed by atoms with Crippen LogP contribution < -0.4 is 4.74 Å². The number of carbonyl (C=O) groups is 1. The summed E-state index contributed by atoms with van der Waals surface area (Å²) in [5, 5.41) is 1.64. The molecular formula is C30H21Cl3N2O3. The van der Waals surface area contributed by atoms with Gasteiger partial charge in [-0.1, -0.05) is 59.1 Å². The summed E-state index contributed by atoms with van der Waals surface area (Å²) in [6.07, 6.45) is 1.74. The van der Waals surface area contributed by atoms with Gasteiger partial charge in [0.15, 0.2) is 0 Å². The van der Waals surface area contributed by atoms with Gasteiger partial charge in [-0.3, -0.25) is 0 Å². The number of hydrogen-bond donors (Lipinski definition) is 0. The number of halogens is 3. The van der Waals surface area contributed by atoms with Gasteiger partial charge in [-0.25, -0.2) is 9.78 Å². The average Bonchev–Trinajstić information content (AvgIpc) is 3.27. The summed E-state index contributed by atoms with van der Waals surface area (Å²) in [4.78, 5) is 17.8. The zero-order valence-electron chi connectivity index (χ0n) is 20.0. The van der Waals surface area contributed by atoms with E-state index in [1.54, 1.807) is 60.7 Å². The molecule has 5 nitrogen and oxygen atoms in total. The van der Waals surface area contributed by atoms with Crippen molar-refractivity contribution in [1.29, 1.82) is 0 Å². The van der Waals surface area contributed by atoms with Crippen molar-refractivity contribution in [2.45, 2.75) is 6.54 Å². The van der Waals surface area contributed by atoms with Crippen molar-refractivity contribution in [1.82, 2.24) is 9.55 Å². The number of aromatic nitrogens is 2. The Morgan fingerprint density at radius 1 is 0.789 bits per heavy atom. The van der Waals surface area contributed by atoms with Crippen molar-refractivity contribution in [3.63, 3.8) is 0 Å². The number of esters is 1. The van der Waals surface area contributed by atoms with E-state index in [0.717, 1.165) is 11.0 Å². The van der Waals surface area contributed by atoms with Crippen LogP contribution in [0.1, 0.15) is 21.7 Å². The Labute approximate surface area is 234 Å². The maximum atomic E-state index is 13.0. The summed E-state index contributed by atoms with van der Waals surface area (Å²) < 4.78 is 13.8. The largest absolute Gasteiger partial charge is 0.490 e. The number of benzene rings is 4. The number of carbonyl (C=O) groups excluding carboxylic acids is 1. The highest BCUT2D eigenvalue weighted by molar-refractivity contribution is 6.32. The third kappa shape index (κ3) is 6.03. The predicted molar refractivity (Wildman–Crippen MR) is 153 cm³/mol. The second-order valence-electron chi connectivity index (χ2n) is 8.30. The Bertz CT molecular complexity index is 1610. The summed E-state index contributed by atoms with van der Waals surface area (Å²) in [6.45, 7) is 0.836. The quantitative estimate of drug-likeness (QED) is 0.140. The van der Waals surface area contributed by atoms with Gasteiger partial charge in [0.25, 0.3) is 0 Å². The highest BCUT2D eigenvalue weighted by Gasteiger charge is 2.16. The van der Waals surface area contributed by atoms with Crippen LogP contribution in [0.3, 0.4) is 0 Å². The summed E-state index contributed by atoms with van der Waals surface area (Å²) in [7, 11) is 0. The second-order valence-corrected chi connectivity index (χ2v) is 9.58. The maximum Gasteiger partial charge on any atom is 0.343 e. The van der Waals surface area contributed by atoms with Gasteiger partial charge in [-0.15, -0.1) is 0 Å². The minimum absolute atomic E-state index is 0.324. The number of para-hydroxylation sites is 3. The molecule has 0 fully saturated rings. The minimum Gasteiger partial charge on any atom is -0.490 e. The number of nitrogens with zero attached hydrogens (tertiary/aromatic N) is 2. The van der Waals surface area contributed by atoms with E-state index in [9.17, 15) is 4.79 Å². The standard InChI is InChI=1S/C30H21Cl3N2O3/c31-22-13-9-20(10-14-22)28(38-30(36)21-11-15-23(32)16-12-21)19-29-34-25-6-2-3-7-26(25)35(29)17-18-37-27-8-4-1-5-24(27)33/h1-16,19H,17-18H2/b28-19+. The van der Waals surface area contributed by atoms with Crippen LogP contribution in [0.25, 0.3) is 22.9 Å². The molecule has 8 heteroatoms. The third-order valence-corrected chi connectivity index (χ3v) is 6.58. The van der Waals surface area contributed by atoms with Crippen LogP contribution >= 0.6 is 34.8 Å². The Morgan fingerprint density at radius 3 is 2.13 bits per heavy atom. The molecule has 0 saturated heterocycles. The van der Waals surface area contributed by atoms with Crippen LogP contribution in [0.4, 0.5) is 0 Å². The molecule has 0 spiro atoms. The van der Waals surface area contributed by atoms with Gasteiger partial charge in [0.2, 0.25) is 0 Å². The fourth-order valence-corrected chi connectivity index (χ4v) is 4.34. The normalized spacial score (nSPS) is 11.5. The molecule has 0 aliphatic heterocycles. The van der Waals surface area contributed by atoms with Gasteiger partial charge in [0.05, 0.1) is 28.2 Å². The van der Waals surface area contributed by atoms with E-state index in [0.29, 0.717) is 56.7 Å². The van der Waals surface area contributed by atoms with Crippen molar-refractivity contribution in [2.24, 2.45) is 0 Å². The molecule has 38 heavy (non-hydrogen) atoms. The lowest BCUT2D eigenvalue weighted by Gasteiger charge is -2.12. The molecule has 0 saturated carbocycles. The Kier molecular flexibility index (Phi) is 7.99. The number of fused-ring (bicyclic) bond motifs is 1. The Morgan fingerprint density at radius 2 is 1.42 bits per heavy atom. The lowest BCUT2D eigenvalue weighted by atomic mass is 10.1. The zero-order valence-corrected chi connectivity index (χ0v) is 22.3. The number of rotatable bonds is 8. The topological polar surface area (TPSA) is 53.3 Å². The first-order chi connectivity index (χ1) is 18.5. The first-order valence-corrected chi connectivity index (χ1v) is 12.9. The van der Waals surface area contributed by atoms with Crippen LogP contribution in [0, 0.1) is 0 Å². The Balaban J connectivity index is 1.51. The van der Waals surface area contributed by atoms with E-state index >= 15 is 0 Å². The summed E-state index contributed by atoms with van der Waals surface area (Å²) >= 11 is 18.3. The second kappa shape index (κ2) is 11.7. The number of hydrogen-bond acceptors (Lipinski definition) is 4. The molecule has 0 bridgehead atoms. The zero-order chi connectivity index (χ0) is 26.5. The number of imidazole rings is 1. The lowest BCUT2D eigenvalue weighted by Crippen LogP contribution is -2.10. The molecule has 0 unspecified atom stereocenters. The third-order valence-electron chi connectivity index (χ3n) is 5.76. The van der Waals surface area contributed by atoms with Gasteiger partial charge >= 0.3 is 5.97 Å². The molecule has 1 aromatic heterocycles. The van der Waals surface area contributed by atoms with Crippen LogP contribution in [0.5, 0.6) is 5.75 Å². The van der Waals surface area contributed by atoms with Crippen molar-refractivity contribution in [3.8, 4) is 5.75 Å². The Hall–Kier alpha value is -3.77. The molecule has 0 N–H and O–H groups in total. The number of ether oxygens (including phenoxy) is 2. The summed E-state index contributed by atoms with van der Waals surface area (Å²) in [5.41, 5.74) is 2.76.